The largest absolute Gasteiger partial charge is 0.478 e. The van der Waals surface area contributed by atoms with Crippen LogP contribution < -0.4 is 5.32 Å². The number of H-pyrrole nitrogens is 1. The highest BCUT2D eigenvalue weighted by Gasteiger charge is 2.25. The Bertz CT molecular complexity index is 791. The second-order valence-corrected chi connectivity index (χ2v) is 5.14. The normalized spacial score (nSPS) is 16.9. The Morgan fingerprint density at radius 3 is 2.75 bits per heavy atom. The van der Waals surface area contributed by atoms with Crippen molar-refractivity contribution in [3.8, 4) is 0 Å². The first-order chi connectivity index (χ1) is 9.56. The summed E-state index contributed by atoms with van der Waals surface area (Å²) in [5.41, 5.74) is 1.31. The van der Waals surface area contributed by atoms with E-state index in [1.165, 1.54) is 6.07 Å². The van der Waals surface area contributed by atoms with Crippen molar-refractivity contribution in [2.24, 2.45) is 0 Å². The summed E-state index contributed by atoms with van der Waals surface area (Å²) in [4.78, 5) is 36.9. The van der Waals surface area contributed by atoms with Gasteiger partial charge in [-0.2, -0.15) is 0 Å². The van der Waals surface area contributed by atoms with E-state index in [0.29, 0.717) is 16.5 Å². The minimum absolute atomic E-state index is 0.159. The van der Waals surface area contributed by atoms with Crippen LogP contribution in [-0.2, 0) is 4.79 Å². The minimum Gasteiger partial charge on any atom is -0.478 e. The van der Waals surface area contributed by atoms with E-state index in [2.05, 4.69) is 10.3 Å². The highest BCUT2D eigenvalue weighted by Crippen LogP contribution is 2.29. The summed E-state index contributed by atoms with van der Waals surface area (Å²) in [7, 11) is 0. The second-order valence-electron chi connectivity index (χ2n) is 4.13. The summed E-state index contributed by atoms with van der Waals surface area (Å²) in [6, 6.07) is 4.89. The maximum Gasteiger partial charge on any atom is 0.337 e. The van der Waals surface area contributed by atoms with Crippen molar-refractivity contribution in [2.75, 3.05) is 0 Å². The van der Waals surface area contributed by atoms with Gasteiger partial charge in [0.15, 0.2) is 0 Å². The first-order valence-corrected chi connectivity index (χ1v) is 6.46. The molecule has 2 aromatic rings. The standard InChI is InChI=1S/C13H8N2O4S/c16-11-9(20-13(19)15-11)4-6-5-14-10-7(6)2-1-3-8(10)12(17)18/h1-5,14H,(H,17,18)(H,15,16,19)/b9-4+. The lowest BCUT2D eigenvalue weighted by Gasteiger charge is -1.97. The summed E-state index contributed by atoms with van der Waals surface area (Å²) in [6.45, 7) is 0. The van der Waals surface area contributed by atoms with E-state index in [0.717, 1.165) is 11.8 Å². The van der Waals surface area contributed by atoms with E-state index in [-0.39, 0.29) is 10.5 Å². The molecule has 0 radical (unpaired) electrons. The molecular weight excluding hydrogens is 280 g/mol. The summed E-state index contributed by atoms with van der Waals surface area (Å²) in [6.07, 6.45) is 3.18. The van der Waals surface area contributed by atoms with Gasteiger partial charge in [-0.05, 0) is 23.9 Å². The van der Waals surface area contributed by atoms with Crippen LogP contribution in [0.4, 0.5) is 4.79 Å². The van der Waals surface area contributed by atoms with Crippen LogP contribution in [0.3, 0.4) is 0 Å². The second kappa shape index (κ2) is 4.53. The lowest BCUT2D eigenvalue weighted by Crippen LogP contribution is -2.17. The third-order valence-electron chi connectivity index (χ3n) is 2.91. The number of imide groups is 1. The molecular formula is C13H8N2O4S. The highest BCUT2D eigenvalue weighted by atomic mass is 32.2. The zero-order valence-corrected chi connectivity index (χ0v) is 10.8. The maximum absolute atomic E-state index is 11.5. The quantitative estimate of drug-likeness (QED) is 0.736. The molecule has 1 aromatic heterocycles. The molecule has 0 spiro atoms. The molecule has 20 heavy (non-hydrogen) atoms. The summed E-state index contributed by atoms with van der Waals surface area (Å²) < 4.78 is 0. The molecule has 2 amide bonds. The summed E-state index contributed by atoms with van der Waals surface area (Å²) in [5, 5.41) is 11.5. The molecule has 3 N–H and O–H groups in total. The fourth-order valence-electron chi connectivity index (χ4n) is 2.04. The Kier molecular flexibility index (Phi) is 2.83. The third kappa shape index (κ3) is 1.97. The maximum atomic E-state index is 11.5. The molecule has 3 rings (SSSR count). The number of rotatable bonds is 2. The molecule has 0 unspecified atom stereocenters. The number of benzene rings is 1. The number of nitrogens with one attached hydrogen (secondary N) is 2. The number of hydrogen-bond donors (Lipinski definition) is 3. The van der Waals surface area contributed by atoms with Crippen molar-refractivity contribution >= 4 is 45.9 Å². The van der Waals surface area contributed by atoms with Crippen LogP contribution in [-0.4, -0.2) is 27.2 Å². The number of aromatic carboxylic acids is 1. The van der Waals surface area contributed by atoms with Gasteiger partial charge in [-0.1, -0.05) is 12.1 Å². The Morgan fingerprint density at radius 1 is 1.30 bits per heavy atom. The van der Waals surface area contributed by atoms with E-state index in [1.54, 1.807) is 24.4 Å². The Hall–Kier alpha value is -2.54. The predicted molar refractivity (Wildman–Crippen MR) is 74.4 cm³/mol. The third-order valence-corrected chi connectivity index (χ3v) is 3.72. The molecule has 1 aliphatic heterocycles. The Labute approximate surface area is 116 Å². The smallest absolute Gasteiger partial charge is 0.337 e. The van der Waals surface area contributed by atoms with E-state index < -0.39 is 17.1 Å². The van der Waals surface area contributed by atoms with Crippen molar-refractivity contribution < 1.29 is 19.5 Å². The van der Waals surface area contributed by atoms with Gasteiger partial charge in [-0.25, -0.2) is 4.79 Å². The predicted octanol–water partition coefficient (Wildman–Crippen LogP) is 2.19. The molecule has 0 saturated carbocycles. The number of aromatic nitrogens is 1. The van der Waals surface area contributed by atoms with Crippen molar-refractivity contribution in [1.29, 1.82) is 0 Å². The van der Waals surface area contributed by atoms with Crippen LogP contribution in [0.2, 0.25) is 0 Å². The molecule has 6 nitrogen and oxygen atoms in total. The van der Waals surface area contributed by atoms with Gasteiger partial charge in [0, 0.05) is 17.1 Å². The lowest BCUT2D eigenvalue weighted by molar-refractivity contribution is -0.115. The average molecular weight is 288 g/mol. The average Bonchev–Trinajstić information content (AvgIpc) is 2.94. The molecule has 0 atom stereocenters. The number of para-hydroxylation sites is 1. The number of carbonyl (C=O) groups is 3. The van der Waals surface area contributed by atoms with Crippen LogP contribution in [0.1, 0.15) is 15.9 Å². The molecule has 0 bridgehead atoms. The number of carboxylic acid groups (broad SMARTS) is 1. The Balaban J connectivity index is 2.12. The molecule has 0 aliphatic carbocycles. The number of carbonyl (C=O) groups excluding carboxylic acids is 2. The molecule has 100 valence electrons. The fraction of sp³-hybridized carbons (Fsp3) is 0. The van der Waals surface area contributed by atoms with Gasteiger partial charge in [-0.15, -0.1) is 0 Å². The van der Waals surface area contributed by atoms with E-state index in [9.17, 15) is 14.4 Å². The first kappa shape index (κ1) is 12.5. The SMILES string of the molecule is O=C1NC(=O)/C(=C\c2c[nH]c3c(C(=O)O)cccc23)S1. The molecule has 1 fully saturated rings. The summed E-state index contributed by atoms with van der Waals surface area (Å²) >= 11 is 0.822. The molecule has 2 heterocycles. The zero-order chi connectivity index (χ0) is 14.3. The molecule has 1 saturated heterocycles. The molecule has 1 aromatic carbocycles. The Morgan fingerprint density at radius 2 is 2.10 bits per heavy atom. The van der Waals surface area contributed by atoms with Gasteiger partial charge in [0.05, 0.1) is 16.0 Å². The van der Waals surface area contributed by atoms with Gasteiger partial charge in [0.25, 0.3) is 11.1 Å². The van der Waals surface area contributed by atoms with Gasteiger partial charge in [0.2, 0.25) is 0 Å². The number of aromatic amines is 1. The van der Waals surface area contributed by atoms with Crippen LogP contribution in [0.25, 0.3) is 17.0 Å². The van der Waals surface area contributed by atoms with Gasteiger partial charge in [0.1, 0.15) is 0 Å². The van der Waals surface area contributed by atoms with Crippen LogP contribution >= 0.6 is 11.8 Å². The number of fused-ring (bicyclic) bond motifs is 1. The van der Waals surface area contributed by atoms with Gasteiger partial charge < -0.3 is 10.1 Å². The fourth-order valence-corrected chi connectivity index (χ4v) is 2.71. The summed E-state index contributed by atoms with van der Waals surface area (Å²) in [5.74, 6) is -1.47. The van der Waals surface area contributed by atoms with Crippen molar-refractivity contribution in [3.63, 3.8) is 0 Å². The number of hydrogen-bond acceptors (Lipinski definition) is 4. The first-order valence-electron chi connectivity index (χ1n) is 5.64. The molecule has 1 aliphatic rings. The van der Waals surface area contributed by atoms with Crippen molar-refractivity contribution in [3.05, 3.63) is 40.4 Å². The minimum atomic E-state index is -1.03. The van der Waals surface area contributed by atoms with E-state index in [1.807, 2.05) is 0 Å². The van der Waals surface area contributed by atoms with Crippen LogP contribution in [0, 0.1) is 0 Å². The topological polar surface area (TPSA) is 99.3 Å². The number of thioether (sulfide) groups is 1. The number of amides is 2. The zero-order valence-electron chi connectivity index (χ0n) is 9.97. The van der Waals surface area contributed by atoms with E-state index >= 15 is 0 Å². The highest BCUT2D eigenvalue weighted by molar-refractivity contribution is 8.18. The van der Waals surface area contributed by atoms with Crippen LogP contribution in [0.5, 0.6) is 0 Å². The van der Waals surface area contributed by atoms with Crippen LogP contribution in [0.15, 0.2) is 29.3 Å². The van der Waals surface area contributed by atoms with Crippen molar-refractivity contribution in [1.82, 2.24) is 10.3 Å². The van der Waals surface area contributed by atoms with Gasteiger partial charge in [-0.3, -0.25) is 14.9 Å². The monoisotopic (exact) mass is 288 g/mol. The van der Waals surface area contributed by atoms with Gasteiger partial charge >= 0.3 is 5.97 Å². The van der Waals surface area contributed by atoms with Crippen molar-refractivity contribution in [2.45, 2.75) is 0 Å². The molecule has 7 heteroatoms. The lowest BCUT2D eigenvalue weighted by atomic mass is 10.1. The van der Waals surface area contributed by atoms with E-state index in [4.69, 9.17) is 5.11 Å². The number of carboxylic acids is 1.